The number of fused-ring (bicyclic) bond motifs is 2. The number of halogens is 1. The lowest BCUT2D eigenvalue weighted by Gasteiger charge is -2.41. The third-order valence-electron chi connectivity index (χ3n) is 7.11. The van der Waals surface area contributed by atoms with E-state index in [1.54, 1.807) is 6.07 Å². The Kier molecular flexibility index (Phi) is 5.68. The molecule has 2 unspecified atom stereocenters. The smallest absolute Gasteiger partial charge is 0.336 e. The van der Waals surface area contributed by atoms with Crippen molar-refractivity contribution in [1.82, 2.24) is 5.32 Å². The number of carbonyl (C=O) groups excluding carboxylic acids is 2. The molecular weight excluding hydrogens is 442 g/mol. The summed E-state index contributed by atoms with van der Waals surface area (Å²) in [6.07, 6.45) is 7.48. The number of allylic oxidation sites excluding steroid dienone is 3. The van der Waals surface area contributed by atoms with Gasteiger partial charge < -0.3 is 19.5 Å². The van der Waals surface area contributed by atoms with Gasteiger partial charge in [0.2, 0.25) is 6.79 Å². The first kappa shape index (κ1) is 22.3. The van der Waals surface area contributed by atoms with E-state index in [1.807, 2.05) is 26.8 Å². The first-order valence-electron chi connectivity index (χ1n) is 11.8. The second-order valence-corrected chi connectivity index (χ2v) is 10.6. The van der Waals surface area contributed by atoms with Crippen molar-refractivity contribution in [2.75, 3.05) is 6.79 Å². The molecule has 2 heterocycles. The minimum atomic E-state index is -0.556. The molecule has 0 amide bonds. The second kappa shape index (κ2) is 8.39. The van der Waals surface area contributed by atoms with Crippen LogP contribution < -0.4 is 14.8 Å². The van der Waals surface area contributed by atoms with Crippen molar-refractivity contribution in [2.24, 2.45) is 11.3 Å². The normalized spacial score (nSPS) is 26.4. The Labute approximate surface area is 199 Å². The molecule has 2 atom stereocenters. The highest BCUT2D eigenvalue weighted by atomic mass is 35.5. The van der Waals surface area contributed by atoms with Gasteiger partial charge in [0.1, 0.15) is 11.9 Å². The molecule has 33 heavy (non-hydrogen) atoms. The van der Waals surface area contributed by atoms with Crippen molar-refractivity contribution in [3.63, 3.8) is 0 Å². The van der Waals surface area contributed by atoms with Gasteiger partial charge in [-0.05, 0) is 49.7 Å². The van der Waals surface area contributed by atoms with Gasteiger partial charge >= 0.3 is 5.97 Å². The Bertz CT molecular complexity index is 1070. The maximum Gasteiger partial charge on any atom is 0.336 e. The zero-order chi connectivity index (χ0) is 23.3. The minimum absolute atomic E-state index is 0.0826. The summed E-state index contributed by atoms with van der Waals surface area (Å²) < 4.78 is 17.0. The highest BCUT2D eigenvalue weighted by Crippen LogP contribution is 2.50. The lowest BCUT2D eigenvalue weighted by molar-refractivity contribution is -0.146. The number of ketones is 1. The summed E-state index contributed by atoms with van der Waals surface area (Å²) >= 11 is 6.72. The highest BCUT2D eigenvalue weighted by molar-refractivity contribution is 6.31. The van der Waals surface area contributed by atoms with Gasteiger partial charge in [-0.15, -0.1) is 0 Å². The number of hydrogen-bond acceptors (Lipinski definition) is 6. The predicted octanol–water partition coefficient (Wildman–Crippen LogP) is 5.40. The molecule has 1 N–H and O–H groups in total. The average molecular weight is 472 g/mol. The van der Waals surface area contributed by atoms with Crippen molar-refractivity contribution in [3.8, 4) is 11.5 Å². The number of rotatable bonds is 3. The van der Waals surface area contributed by atoms with E-state index < -0.39 is 11.8 Å². The lowest BCUT2D eigenvalue weighted by Crippen LogP contribution is -2.44. The number of benzene rings is 1. The molecule has 0 bridgehead atoms. The van der Waals surface area contributed by atoms with E-state index in [1.165, 1.54) is 6.42 Å². The van der Waals surface area contributed by atoms with E-state index in [9.17, 15) is 9.59 Å². The minimum Gasteiger partial charge on any atom is -0.459 e. The SMILES string of the molecule is CC1=C(C(=O)OC2CCCCC2)C(c2cc3c(cc2Cl)OCO3)C2C(=O)CC(C)(C)C=C2N1. The van der Waals surface area contributed by atoms with Crippen LogP contribution >= 0.6 is 11.6 Å². The zero-order valence-corrected chi connectivity index (χ0v) is 20.1. The molecule has 176 valence electrons. The Morgan fingerprint density at radius 2 is 1.82 bits per heavy atom. The fourth-order valence-electron chi connectivity index (χ4n) is 5.64. The predicted molar refractivity (Wildman–Crippen MR) is 124 cm³/mol. The van der Waals surface area contributed by atoms with Crippen LogP contribution in [0.2, 0.25) is 5.02 Å². The van der Waals surface area contributed by atoms with Crippen LogP contribution in [0, 0.1) is 11.3 Å². The van der Waals surface area contributed by atoms with Crippen molar-refractivity contribution in [2.45, 2.75) is 71.3 Å². The van der Waals surface area contributed by atoms with Crippen LogP contribution in [0.25, 0.3) is 0 Å². The topological polar surface area (TPSA) is 73.9 Å². The molecule has 1 aromatic rings. The standard InChI is InChI=1S/C26H30ClNO5/c1-14-22(25(30)33-15-7-5-4-6-8-15)23(16-9-20-21(10-17(16)27)32-13-31-20)24-18(28-14)11-26(2,3)12-19(24)29/h9-11,15,23-24,28H,4-8,12-13H2,1-3H3. The first-order valence-corrected chi connectivity index (χ1v) is 12.1. The van der Waals surface area contributed by atoms with Crippen LogP contribution in [0.15, 0.2) is 35.2 Å². The molecule has 6 nitrogen and oxygen atoms in total. The Morgan fingerprint density at radius 1 is 1.12 bits per heavy atom. The molecule has 0 aromatic heterocycles. The third kappa shape index (κ3) is 4.14. The number of Topliss-reactive ketones (excluding diaryl/α,β-unsaturated/α-hetero) is 1. The molecule has 7 heteroatoms. The highest BCUT2D eigenvalue weighted by Gasteiger charge is 2.47. The van der Waals surface area contributed by atoms with Crippen LogP contribution in [0.1, 0.15) is 70.8 Å². The van der Waals surface area contributed by atoms with Gasteiger partial charge in [-0.25, -0.2) is 4.79 Å². The summed E-state index contributed by atoms with van der Waals surface area (Å²) in [6, 6.07) is 3.52. The van der Waals surface area contributed by atoms with Crippen molar-refractivity contribution < 1.29 is 23.8 Å². The molecule has 5 rings (SSSR count). The Hall–Kier alpha value is -2.47. The third-order valence-corrected chi connectivity index (χ3v) is 7.44. The molecular formula is C26H30ClNO5. The summed E-state index contributed by atoms with van der Waals surface area (Å²) in [5.74, 6) is -0.245. The summed E-state index contributed by atoms with van der Waals surface area (Å²) in [6.45, 7) is 6.08. The molecule has 0 spiro atoms. The number of esters is 1. The van der Waals surface area contributed by atoms with Crippen LogP contribution in [-0.4, -0.2) is 24.6 Å². The van der Waals surface area contributed by atoms with Gasteiger partial charge in [0.25, 0.3) is 0 Å². The van der Waals surface area contributed by atoms with E-state index in [-0.39, 0.29) is 30.1 Å². The molecule has 2 aliphatic heterocycles. The Morgan fingerprint density at radius 3 is 2.55 bits per heavy atom. The van der Waals surface area contributed by atoms with E-state index in [0.717, 1.165) is 31.4 Å². The fraction of sp³-hybridized carbons (Fsp3) is 0.538. The monoisotopic (exact) mass is 471 g/mol. The number of hydrogen-bond donors (Lipinski definition) is 1. The van der Waals surface area contributed by atoms with Crippen LogP contribution in [-0.2, 0) is 14.3 Å². The summed E-state index contributed by atoms with van der Waals surface area (Å²) in [5.41, 5.74) is 2.40. The maximum atomic E-state index is 13.6. The van der Waals surface area contributed by atoms with Crippen LogP contribution in [0.4, 0.5) is 0 Å². The molecule has 0 radical (unpaired) electrons. The molecule has 2 aliphatic carbocycles. The quantitative estimate of drug-likeness (QED) is 0.594. The molecule has 1 aromatic carbocycles. The van der Waals surface area contributed by atoms with Gasteiger partial charge in [0.15, 0.2) is 11.5 Å². The maximum absolute atomic E-state index is 13.6. The first-order chi connectivity index (χ1) is 15.7. The molecule has 4 aliphatic rings. The van der Waals surface area contributed by atoms with Crippen molar-refractivity contribution in [1.29, 1.82) is 0 Å². The molecule has 1 fully saturated rings. The van der Waals surface area contributed by atoms with Crippen LogP contribution in [0.5, 0.6) is 11.5 Å². The number of carbonyl (C=O) groups is 2. The average Bonchev–Trinajstić information content (AvgIpc) is 3.19. The van der Waals surface area contributed by atoms with Gasteiger partial charge in [-0.3, -0.25) is 4.79 Å². The summed E-state index contributed by atoms with van der Waals surface area (Å²) in [5, 5.41) is 3.81. The van der Waals surface area contributed by atoms with Crippen molar-refractivity contribution >= 4 is 23.4 Å². The largest absolute Gasteiger partial charge is 0.459 e. The lowest BCUT2D eigenvalue weighted by atomic mass is 9.66. The zero-order valence-electron chi connectivity index (χ0n) is 19.3. The number of ether oxygens (including phenoxy) is 3. The fourth-order valence-corrected chi connectivity index (χ4v) is 5.91. The summed E-state index contributed by atoms with van der Waals surface area (Å²) in [7, 11) is 0. The summed E-state index contributed by atoms with van der Waals surface area (Å²) in [4.78, 5) is 27.0. The van der Waals surface area contributed by atoms with Gasteiger partial charge in [0, 0.05) is 34.8 Å². The van der Waals surface area contributed by atoms with E-state index in [2.05, 4.69) is 11.4 Å². The van der Waals surface area contributed by atoms with E-state index in [4.69, 9.17) is 25.8 Å². The van der Waals surface area contributed by atoms with Gasteiger partial charge in [-0.1, -0.05) is 37.9 Å². The number of nitrogens with one attached hydrogen (secondary N) is 1. The van der Waals surface area contributed by atoms with Gasteiger partial charge in [-0.2, -0.15) is 0 Å². The second-order valence-electron chi connectivity index (χ2n) is 10.2. The van der Waals surface area contributed by atoms with E-state index in [0.29, 0.717) is 39.8 Å². The van der Waals surface area contributed by atoms with E-state index >= 15 is 0 Å². The van der Waals surface area contributed by atoms with Crippen LogP contribution in [0.3, 0.4) is 0 Å². The van der Waals surface area contributed by atoms with Gasteiger partial charge in [0.05, 0.1) is 11.5 Å². The Balaban J connectivity index is 1.61. The molecule has 1 saturated carbocycles. The van der Waals surface area contributed by atoms with Crippen molar-refractivity contribution in [3.05, 3.63) is 45.8 Å². The molecule has 0 saturated heterocycles.